The van der Waals surface area contributed by atoms with Crippen molar-refractivity contribution in [2.45, 2.75) is 32.2 Å². The van der Waals surface area contributed by atoms with Crippen LogP contribution in [0.15, 0.2) is 28.1 Å². The lowest BCUT2D eigenvalue weighted by molar-refractivity contribution is -0.130. The van der Waals surface area contributed by atoms with Crippen LogP contribution in [-0.2, 0) is 21.2 Å². The molecule has 2 rings (SSSR count). The smallest absolute Gasteiger partial charge is 0.219 e. The molecule has 1 aromatic carbocycles. The summed E-state index contributed by atoms with van der Waals surface area (Å²) in [5, 5.41) is 6.58. The Kier molecular flexibility index (Phi) is 11.1. The highest BCUT2D eigenvalue weighted by atomic mass is 127. The first kappa shape index (κ1) is 26.6. The Hall–Kier alpha value is -1.40. The summed E-state index contributed by atoms with van der Waals surface area (Å²) in [7, 11) is -3.21. The Labute approximate surface area is 197 Å². The summed E-state index contributed by atoms with van der Waals surface area (Å²) in [4.78, 5) is 20.6. The number of benzene rings is 1. The molecule has 1 amide bonds. The third-order valence-electron chi connectivity index (χ3n) is 4.94. The molecule has 30 heavy (non-hydrogen) atoms. The zero-order valence-electron chi connectivity index (χ0n) is 18.3. The first-order valence-electron chi connectivity index (χ1n) is 10.0. The minimum Gasteiger partial charge on any atom is -0.357 e. The molecular formula is C20H34IN5O3S. The fourth-order valence-electron chi connectivity index (χ4n) is 3.36. The number of nitrogens with one attached hydrogen (secondary N) is 2. The Balaban J connectivity index is 0.00000450. The Morgan fingerprint density at radius 3 is 2.37 bits per heavy atom. The Morgan fingerprint density at radius 1 is 1.17 bits per heavy atom. The summed E-state index contributed by atoms with van der Waals surface area (Å²) in [6, 6.07) is 5.33. The van der Waals surface area contributed by atoms with E-state index in [0.717, 1.165) is 62.9 Å². The van der Waals surface area contributed by atoms with Crippen molar-refractivity contribution in [3.63, 3.8) is 0 Å². The average Bonchev–Trinajstić information content (AvgIpc) is 2.65. The number of hydrogen-bond acceptors (Lipinski definition) is 5. The monoisotopic (exact) mass is 551 g/mol. The van der Waals surface area contributed by atoms with Gasteiger partial charge in [-0.1, -0.05) is 12.1 Å². The summed E-state index contributed by atoms with van der Waals surface area (Å²) in [5.41, 5.74) is 1.70. The highest BCUT2D eigenvalue weighted by Crippen LogP contribution is 2.17. The summed E-state index contributed by atoms with van der Waals surface area (Å²) in [6.07, 6.45) is 1.22. The molecule has 1 heterocycles. The lowest BCUT2D eigenvalue weighted by Gasteiger charge is -2.34. The summed E-state index contributed by atoms with van der Waals surface area (Å²) < 4.78 is 23.5. The van der Waals surface area contributed by atoms with Crippen molar-refractivity contribution in [2.24, 2.45) is 4.99 Å². The van der Waals surface area contributed by atoms with Crippen LogP contribution in [0.25, 0.3) is 0 Å². The van der Waals surface area contributed by atoms with Crippen LogP contribution in [0.3, 0.4) is 0 Å². The van der Waals surface area contributed by atoms with Crippen molar-refractivity contribution in [3.05, 3.63) is 29.3 Å². The fourth-order valence-corrected chi connectivity index (χ4v) is 4.32. The van der Waals surface area contributed by atoms with E-state index >= 15 is 0 Å². The molecule has 8 nitrogen and oxygen atoms in total. The highest BCUT2D eigenvalue weighted by molar-refractivity contribution is 14.0. The Bertz CT molecular complexity index is 837. The SMILES string of the molecule is CCNC(=NCc1ccc(S(C)(=O)=O)c(C)c1)NCCN1CCN(C(C)=O)CC1.I. The van der Waals surface area contributed by atoms with Crippen molar-refractivity contribution in [1.29, 1.82) is 0 Å². The van der Waals surface area contributed by atoms with Crippen molar-refractivity contribution in [2.75, 3.05) is 52.1 Å². The van der Waals surface area contributed by atoms with Gasteiger partial charge in [0.15, 0.2) is 15.8 Å². The van der Waals surface area contributed by atoms with Gasteiger partial charge in [0.1, 0.15) is 0 Å². The minimum atomic E-state index is -3.21. The third-order valence-corrected chi connectivity index (χ3v) is 6.20. The van der Waals surface area contributed by atoms with Crippen LogP contribution in [0.1, 0.15) is 25.0 Å². The van der Waals surface area contributed by atoms with Gasteiger partial charge in [-0.25, -0.2) is 13.4 Å². The lowest BCUT2D eigenvalue weighted by Crippen LogP contribution is -2.50. The summed E-state index contributed by atoms with van der Waals surface area (Å²) >= 11 is 0. The number of halogens is 1. The number of rotatable bonds is 7. The summed E-state index contributed by atoms with van der Waals surface area (Å²) in [5.74, 6) is 0.879. The van der Waals surface area contributed by atoms with E-state index in [0.29, 0.717) is 11.4 Å². The van der Waals surface area contributed by atoms with Gasteiger partial charge >= 0.3 is 0 Å². The normalized spacial score (nSPS) is 15.5. The number of carbonyl (C=O) groups excluding carboxylic acids is 1. The average molecular weight is 551 g/mol. The van der Waals surface area contributed by atoms with Gasteiger partial charge in [0.05, 0.1) is 11.4 Å². The molecule has 0 spiro atoms. The second kappa shape index (κ2) is 12.5. The topological polar surface area (TPSA) is 94.1 Å². The number of amides is 1. The van der Waals surface area contributed by atoms with E-state index in [9.17, 15) is 13.2 Å². The van der Waals surface area contributed by atoms with E-state index in [-0.39, 0.29) is 29.9 Å². The van der Waals surface area contributed by atoms with Gasteiger partial charge in [-0.05, 0) is 31.0 Å². The first-order chi connectivity index (χ1) is 13.7. The fraction of sp³-hybridized carbons (Fsp3) is 0.600. The maximum atomic E-state index is 11.7. The van der Waals surface area contributed by atoms with Crippen molar-refractivity contribution < 1.29 is 13.2 Å². The van der Waals surface area contributed by atoms with Crippen LogP contribution in [0, 0.1) is 6.92 Å². The zero-order valence-corrected chi connectivity index (χ0v) is 21.4. The molecule has 0 unspecified atom stereocenters. The van der Waals surface area contributed by atoms with Gasteiger partial charge in [0.2, 0.25) is 5.91 Å². The molecule has 0 aliphatic carbocycles. The molecular weight excluding hydrogens is 517 g/mol. The van der Waals surface area contributed by atoms with Gasteiger partial charge in [-0.3, -0.25) is 9.69 Å². The maximum Gasteiger partial charge on any atom is 0.219 e. The van der Waals surface area contributed by atoms with Crippen LogP contribution < -0.4 is 10.6 Å². The van der Waals surface area contributed by atoms with Crippen molar-refractivity contribution in [3.8, 4) is 0 Å². The van der Waals surface area contributed by atoms with E-state index in [2.05, 4.69) is 20.5 Å². The lowest BCUT2D eigenvalue weighted by atomic mass is 10.1. The number of piperazine rings is 1. The second-order valence-electron chi connectivity index (χ2n) is 7.34. The third kappa shape index (κ3) is 8.38. The molecule has 0 bridgehead atoms. The predicted octanol–water partition coefficient (Wildman–Crippen LogP) is 1.24. The molecule has 1 fully saturated rings. The number of hydrogen-bond donors (Lipinski definition) is 2. The van der Waals surface area contributed by atoms with Crippen LogP contribution in [0.5, 0.6) is 0 Å². The molecule has 1 aliphatic rings. The van der Waals surface area contributed by atoms with Crippen LogP contribution in [-0.4, -0.2) is 82.2 Å². The number of aryl methyl sites for hydroxylation is 1. The molecule has 0 saturated carbocycles. The van der Waals surface area contributed by atoms with E-state index in [1.165, 1.54) is 6.26 Å². The van der Waals surface area contributed by atoms with Crippen molar-refractivity contribution >= 4 is 45.7 Å². The molecule has 10 heteroatoms. The van der Waals surface area contributed by atoms with Crippen LogP contribution >= 0.6 is 24.0 Å². The molecule has 0 atom stereocenters. The predicted molar refractivity (Wildman–Crippen MR) is 131 cm³/mol. The molecule has 0 aromatic heterocycles. The highest BCUT2D eigenvalue weighted by Gasteiger charge is 2.18. The maximum absolute atomic E-state index is 11.7. The van der Waals surface area contributed by atoms with Gasteiger partial charge in [0, 0.05) is 59.0 Å². The first-order valence-corrected chi connectivity index (χ1v) is 11.9. The molecule has 1 aromatic rings. The van der Waals surface area contributed by atoms with Gasteiger partial charge < -0.3 is 15.5 Å². The van der Waals surface area contributed by atoms with Crippen LogP contribution in [0.2, 0.25) is 0 Å². The van der Waals surface area contributed by atoms with E-state index < -0.39 is 9.84 Å². The Morgan fingerprint density at radius 2 is 1.83 bits per heavy atom. The van der Waals surface area contributed by atoms with Crippen LogP contribution in [0.4, 0.5) is 0 Å². The number of aliphatic imine (C=N–C) groups is 1. The zero-order chi connectivity index (χ0) is 21.4. The number of sulfone groups is 1. The molecule has 170 valence electrons. The van der Waals surface area contributed by atoms with Gasteiger partial charge in [-0.15, -0.1) is 24.0 Å². The molecule has 0 radical (unpaired) electrons. The van der Waals surface area contributed by atoms with E-state index in [4.69, 9.17) is 0 Å². The minimum absolute atomic E-state index is 0. The summed E-state index contributed by atoms with van der Waals surface area (Å²) in [6.45, 7) is 11.7. The standard InChI is InChI=1S/C20H33N5O3S.HI/c1-5-21-20(22-8-9-24-10-12-25(13-11-24)17(3)26)23-15-18-6-7-19(16(2)14-18)29(4,27)28;/h6-7,14H,5,8-13,15H2,1-4H3,(H2,21,22,23);1H. The van der Waals surface area contributed by atoms with E-state index in [1.54, 1.807) is 19.9 Å². The number of carbonyl (C=O) groups is 1. The molecule has 1 aliphatic heterocycles. The van der Waals surface area contributed by atoms with E-state index in [1.807, 2.05) is 24.0 Å². The second-order valence-corrected chi connectivity index (χ2v) is 9.33. The quantitative estimate of drug-likeness (QED) is 0.301. The van der Waals surface area contributed by atoms with Gasteiger partial charge in [0.25, 0.3) is 0 Å². The van der Waals surface area contributed by atoms with Crippen molar-refractivity contribution in [1.82, 2.24) is 20.4 Å². The molecule has 1 saturated heterocycles. The number of guanidine groups is 1. The molecule has 2 N–H and O–H groups in total. The van der Waals surface area contributed by atoms with Gasteiger partial charge in [-0.2, -0.15) is 0 Å². The number of nitrogens with zero attached hydrogens (tertiary/aromatic N) is 3. The largest absolute Gasteiger partial charge is 0.357 e.